The molecule has 0 aliphatic rings. The summed E-state index contributed by atoms with van der Waals surface area (Å²) in [4.78, 5) is 12.9. The highest BCUT2D eigenvalue weighted by atomic mass is 35.5. The van der Waals surface area contributed by atoms with Gasteiger partial charge in [-0.05, 0) is 54.1 Å². The summed E-state index contributed by atoms with van der Waals surface area (Å²) in [5, 5.41) is 5.39. The lowest BCUT2D eigenvalue weighted by Gasteiger charge is -2.09. The van der Waals surface area contributed by atoms with Crippen molar-refractivity contribution in [3.05, 3.63) is 94.0 Å². The molecule has 1 amide bonds. The molecule has 3 aromatic rings. The second kappa shape index (κ2) is 10.9. The molecule has 1 N–H and O–H groups in total. The minimum absolute atomic E-state index is 0.194. The maximum atomic E-state index is 12.0. The van der Waals surface area contributed by atoms with E-state index >= 15 is 0 Å². The second-order valence-corrected chi connectivity index (χ2v) is 7.91. The molecule has 4 nitrogen and oxygen atoms in total. The molecule has 0 bridgehead atoms. The molecule has 7 heteroatoms. The van der Waals surface area contributed by atoms with Crippen molar-refractivity contribution in [1.29, 1.82) is 0 Å². The van der Waals surface area contributed by atoms with E-state index in [0.29, 0.717) is 22.4 Å². The van der Waals surface area contributed by atoms with Gasteiger partial charge in [0.25, 0.3) is 0 Å². The van der Waals surface area contributed by atoms with Gasteiger partial charge in [0.15, 0.2) is 0 Å². The fraction of sp³-hybridized carbons (Fsp3) is 0.0909. The second-order valence-electron chi connectivity index (χ2n) is 5.99. The summed E-state index contributed by atoms with van der Waals surface area (Å²) in [6.07, 6.45) is 1.57. The van der Waals surface area contributed by atoms with E-state index < -0.39 is 0 Å². The van der Waals surface area contributed by atoms with E-state index in [-0.39, 0.29) is 11.7 Å². The van der Waals surface area contributed by atoms with Crippen molar-refractivity contribution in [2.24, 2.45) is 5.10 Å². The van der Waals surface area contributed by atoms with Crippen LogP contribution in [0, 0.1) is 0 Å². The van der Waals surface area contributed by atoms with Crippen molar-refractivity contribution in [2.75, 3.05) is 5.75 Å². The Morgan fingerprint density at radius 1 is 0.966 bits per heavy atom. The number of thioether (sulfide) groups is 1. The van der Waals surface area contributed by atoms with Crippen LogP contribution in [0.25, 0.3) is 0 Å². The molecule has 0 fully saturated rings. The van der Waals surface area contributed by atoms with Crippen molar-refractivity contribution < 1.29 is 9.53 Å². The lowest BCUT2D eigenvalue weighted by Crippen LogP contribution is -2.19. The molecule has 0 spiro atoms. The van der Waals surface area contributed by atoms with E-state index in [4.69, 9.17) is 27.9 Å². The van der Waals surface area contributed by atoms with Crippen molar-refractivity contribution >= 4 is 47.1 Å². The maximum absolute atomic E-state index is 12.0. The largest absolute Gasteiger partial charge is 0.488 e. The summed E-state index contributed by atoms with van der Waals surface area (Å²) < 4.78 is 5.87. The van der Waals surface area contributed by atoms with Gasteiger partial charge in [-0.3, -0.25) is 4.79 Å². The van der Waals surface area contributed by atoms with Crippen LogP contribution in [0.3, 0.4) is 0 Å². The predicted molar refractivity (Wildman–Crippen MR) is 120 cm³/mol. The number of ether oxygens (including phenoxy) is 1. The van der Waals surface area contributed by atoms with Crippen LogP contribution >= 0.6 is 35.0 Å². The number of para-hydroxylation sites is 1. The van der Waals surface area contributed by atoms with Crippen LogP contribution in [0.2, 0.25) is 10.0 Å². The Morgan fingerprint density at radius 3 is 2.34 bits per heavy atom. The van der Waals surface area contributed by atoms with E-state index in [1.165, 1.54) is 11.8 Å². The molecule has 0 aliphatic heterocycles. The third kappa shape index (κ3) is 7.13. The zero-order valence-electron chi connectivity index (χ0n) is 15.3. The van der Waals surface area contributed by atoms with Gasteiger partial charge in [-0.1, -0.05) is 47.5 Å². The summed E-state index contributed by atoms with van der Waals surface area (Å²) in [5.41, 5.74) is 4.31. The molecule has 148 valence electrons. The Kier molecular flexibility index (Phi) is 7.99. The summed E-state index contributed by atoms with van der Waals surface area (Å²) in [5.74, 6) is 0.741. The molecule has 0 aromatic heterocycles. The van der Waals surface area contributed by atoms with Crippen LogP contribution < -0.4 is 10.2 Å². The summed E-state index contributed by atoms with van der Waals surface area (Å²) in [6.45, 7) is 0.409. The molecule has 3 aromatic carbocycles. The average molecular weight is 445 g/mol. The molecule has 0 radical (unpaired) electrons. The number of nitrogens with zero attached hydrogens (tertiary/aromatic N) is 1. The van der Waals surface area contributed by atoms with E-state index in [1.807, 2.05) is 60.7 Å². The Hall–Kier alpha value is -2.47. The van der Waals surface area contributed by atoms with Crippen LogP contribution in [-0.4, -0.2) is 17.9 Å². The first-order chi connectivity index (χ1) is 14.1. The molecule has 3 rings (SSSR count). The molecule has 0 unspecified atom stereocenters. The fourth-order valence-electron chi connectivity index (χ4n) is 2.35. The molecule has 0 saturated carbocycles. The third-order valence-corrected chi connectivity index (χ3v) is 5.32. The van der Waals surface area contributed by atoms with E-state index in [2.05, 4.69) is 10.5 Å². The number of carbonyl (C=O) groups is 1. The number of carbonyl (C=O) groups excluding carboxylic acids is 1. The highest BCUT2D eigenvalue weighted by molar-refractivity contribution is 8.00. The van der Waals surface area contributed by atoms with Gasteiger partial charge in [0.05, 0.1) is 12.0 Å². The first-order valence-corrected chi connectivity index (χ1v) is 10.5. The maximum Gasteiger partial charge on any atom is 0.250 e. The minimum atomic E-state index is -0.194. The molecule has 0 saturated heterocycles. The summed E-state index contributed by atoms with van der Waals surface area (Å²) in [7, 11) is 0. The number of amides is 1. The van der Waals surface area contributed by atoms with Crippen LogP contribution in [0.5, 0.6) is 5.75 Å². The molecular weight excluding hydrogens is 427 g/mol. The fourth-order valence-corrected chi connectivity index (χ4v) is 3.29. The predicted octanol–water partition coefficient (Wildman–Crippen LogP) is 5.81. The van der Waals surface area contributed by atoms with Gasteiger partial charge < -0.3 is 4.74 Å². The monoisotopic (exact) mass is 444 g/mol. The zero-order valence-corrected chi connectivity index (χ0v) is 17.7. The normalized spacial score (nSPS) is 10.8. The Morgan fingerprint density at radius 2 is 1.62 bits per heavy atom. The van der Waals surface area contributed by atoms with Gasteiger partial charge in [-0.15, -0.1) is 11.8 Å². The van der Waals surface area contributed by atoms with Gasteiger partial charge in [0.1, 0.15) is 12.4 Å². The number of hydrogen-bond acceptors (Lipinski definition) is 4. The number of rotatable bonds is 8. The average Bonchev–Trinajstić information content (AvgIpc) is 2.74. The van der Waals surface area contributed by atoms with Gasteiger partial charge in [-0.25, -0.2) is 5.43 Å². The quantitative estimate of drug-likeness (QED) is 0.270. The highest BCUT2D eigenvalue weighted by Crippen LogP contribution is 2.20. The van der Waals surface area contributed by atoms with Crippen molar-refractivity contribution in [3.8, 4) is 5.75 Å². The molecule has 0 heterocycles. The van der Waals surface area contributed by atoms with Gasteiger partial charge in [0.2, 0.25) is 5.91 Å². The van der Waals surface area contributed by atoms with Gasteiger partial charge in [0, 0.05) is 20.5 Å². The van der Waals surface area contributed by atoms with Gasteiger partial charge >= 0.3 is 0 Å². The summed E-state index contributed by atoms with van der Waals surface area (Å²) in [6, 6.07) is 22.3. The summed E-state index contributed by atoms with van der Waals surface area (Å²) >= 11 is 13.2. The lowest BCUT2D eigenvalue weighted by molar-refractivity contribution is -0.118. The SMILES string of the molecule is O=C(CSc1ccc(Cl)cc1)N/N=C/c1ccccc1OCc1ccc(Cl)cc1. The van der Waals surface area contributed by atoms with Crippen molar-refractivity contribution in [1.82, 2.24) is 5.43 Å². The molecule has 0 aliphatic carbocycles. The topological polar surface area (TPSA) is 50.7 Å². The number of benzene rings is 3. The molecule has 29 heavy (non-hydrogen) atoms. The zero-order chi connectivity index (χ0) is 20.5. The lowest BCUT2D eigenvalue weighted by atomic mass is 10.2. The Labute approximate surface area is 183 Å². The highest BCUT2D eigenvalue weighted by Gasteiger charge is 2.04. The van der Waals surface area contributed by atoms with Crippen molar-refractivity contribution in [2.45, 2.75) is 11.5 Å². The third-order valence-electron chi connectivity index (χ3n) is 3.80. The number of hydrazone groups is 1. The smallest absolute Gasteiger partial charge is 0.250 e. The Bertz CT molecular complexity index is 977. The Balaban J connectivity index is 1.51. The van der Waals surface area contributed by atoms with E-state index in [0.717, 1.165) is 16.0 Å². The number of hydrogen-bond donors (Lipinski definition) is 1. The van der Waals surface area contributed by atoms with E-state index in [9.17, 15) is 4.79 Å². The van der Waals surface area contributed by atoms with Crippen LogP contribution in [-0.2, 0) is 11.4 Å². The number of nitrogens with one attached hydrogen (secondary N) is 1. The standard InChI is InChI=1S/C22H18Cl2N2O2S/c23-18-7-5-16(6-8-18)14-28-21-4-2-1-3-17(21)13-25-26-22(27)15-29-20-11-9-19(24)10-12-20/h1-13H,14-15H2,(H,26,27)/b25-13+. The minimum Gasteiger partial charge on any atom is -0.488 e. The number of halogens is 2. The van der Waals surface area contributed by atoms with Crippen LogP contribution in [0.1, 0.15) is 11.1 Å². The first kappa shape index (κ1) is 21.2. The first-order valence-electron chi connectivity index (χ1n) is 8.77. The van der Waals surface area contributed by atoms with Gasteiger partial charge in [-0.2, -0.15) is 5.10 Å². The molecule has 0 atom stereocenters. The molecular formula is C22H18Cl2N2O2S. The van der Waals surface area contributed by atoms with Crippen LogP contribution in [0.4, 0.5) is 0 Å². The van der Waals surface area contributed by atoms with Crippen molar-refractivity contribution in [3.63, 3.8) is 0 Å². The van der Waals surface area contributed by atoms with Crippen LogP contribution in [0.15, 0.2) is 82.8 Å². The van der Waals surface area contributed by atoms with E-state index in [1.54, 1.807) is 18.3 Å².